The summed E-state index contributed by atoms with van der Waals surface area (Å²) in [4.78, 5) is 17.2. The second-order valence-corrected chi connectivity index (χ2v) is 4.63. The Kier molecular flexibility index (Phi) is 4.06. The lowest BCUT2D eigenvalue weighted by molar-refractivity contribution is -0.306. The van der Waals surface area contributed by atoms with E-state index in [1.165, 1.54) is 0 Å². The Hall–Kier alpha value is -0.0900. The molecule has 9 nitrogen and oxygen atoms in total. The van der Waals surface area contributed by atoms with Crippen molar-refractivity contribution in [3.63, 3.8) is 0 Å². The van der Waals surface area contributed by atoms with Gasteiger partial charge in [-0.05, 0) is 0 Å². The van der Waals surface area contributed by atoms with E-state index in [-0.39, 0.29) is 6.61 Å². The molecule has 0 spiro atoms. The summed E-state index contributed by atoms with van der Waals surface area (Å²) in [6.45, 7) is -1.36. The van der Waals surface area contributed by atoms with Crippen molar-refractivity contribution in [2.24, 2.45) is 5.73 Å². The fraction of sp³-hybridized carbons (Fsp3) is 1.00. The van der Waals surface area contributed by atoms with Gasteiger partial charge in [0.2, 0.25) is 5.79 Å². The third-order valence-corrected chi connectivity index (χ3v) is 2.77. The summed E-state index contributed by atoms with van der Waals surface area (Å²) >= 11 is 0. The molecule has 0 aliphatic carbocycles. The molecule has 1 saturated heterocycles. The van der Waals surface area contributed by atoms with Crippen molar-refractivity contribution in [1.82, 2.24) is 0 Å². The quantitative estimate of drug-likeness (QED) is 0.287. The summed E-state index contributed by atoms with van der Waals surface area (Å²) < 4.78 is 19.6. The molecule has 1 aliphatic rings. The summed E-state index contributed by atoms with van der Waals surface area (Å²) in [5.41, 5.74) is 5.34. The van der Waals surface area contributed by atoms with E-state index in [2.05, 4.69) is 4.52 Å². The van der Waals surface area contributed by atoms with Crippen LogP contribution in [-0.2, 0) is 13.8 Å². The van der Waals surface area contributed by atoms with Crippen LogP contribution in [0.4, 0.5) is 0 Å². The summed E-state index contributed by atoms with van der Waals surface area (Å²) in [7, 11) is -5.00. The maximum Gasteiger partial charge on any atom is 0.472 e. The van der Waals surface area contributed by atoms with Gasteiger partial charge in [0, 0.05) is 0 Å². The Morgan fingerprint density at radius 3 is 2.50 bits per heavy atom. The molecule has 16 heavy (non-hydrogen) atoms. The fourth-order valence-corrected chi connectivity index (χ4v) is 1.99. The van der Waals surface area contributed by atoms with E-state index in [1.807, 2.05) is 0 Å². The average Bonchev–Trinajstić information content (AvgIpc) is 2.18. The van der Waals surface area contributed by atoms with E-state index in [0.29, 0.717) is 0 Å². The molecule has 1 fully saturated rings. The molecule has 0 aromatic heterocycles. The molecule has 0 bridgehead atoms. The molecule has 0 amide bonds. The van der Waals surface area contributed by atoms with Crippen LogP contribution >= 0.6 is 7.82 Å². The second-order valence-electron chi connectivity index (χ2n) is 3.46. The first-order chi connectivity index (χ1) is 7.22. The molecule has 0 aromatic rings. The summed E-state index contributed by atoms with van der Waals surface area (Å²) in [5, 5.41) is 27.9. The summed E-state index contributed by atoms with van der Waals surface area (Å²) in [6, 6.07) is -0.935. The van der Waals surface area contributed by atoms with Crippen LogP contribution in [0.2, 0.25) is 0 Å². The Balaban J connectivity index is 2.91. The van der Waals surface area contributed by atoms with Crippen molar-refractivity contribution >= 4 is 7.82 Å². The molecule has 0 radical (unpaired) electrons. The van der Waals surface area contributed by atoms with Crippen molar-refractivity contribution in [3.05, 3.63) is 0 Å². The number of hydrogen-bond donors (Lipinski definition) is 6. The summed E-state index contributed by atoms with van der Waals surface area (Å²) in [6.07, 6.45) is -3.39. The highest BCUT2D eigenvalue weighted by Gasteiger charge is 2.53. The van der Waals surface area contributed by atoms with Gasteiger partial charge >= 0.3 is 7.82 Å². The molecule has 0 aromatic carbocycles. The lowest BCUT2D eigenvalue weighted by Crippen LogP contribution is -2.65. The molecule has 10 heteroatoms. The first kappa shape index (κ1) is 14.0. The van der Waals surface area contributed by atoms with E-state index in [9.17, 15) is 14.8 Å². The number of phosphoric ester groups is 1. The largest absolute Gasteiger partial charge is 0.472 e. The van der Waals surface area contributed by atoms with Gasteiger partial charge < -0.3 is 35.6 Å². The zero-order valence-corrected chi connectivity index (χ0v) is 9.03. The molecule has 96 valence electrons. The number of ether oxygens (including phenoxy) is 1. The summed E-state index contributed by atoms with van der Waals surface area (Å²) in [5.74, 6) is -2.37. The Morgan fingerprint density at radius 1 is 1.50 bits per heavy atom. The van der Waals surface area contributed by atoms with Gasteiger partial charge in [-0.3, -0.25) is 0 Å². The Labute approximate surface area is 90.6 Å². The van der Waals surface area contributed by atoms with Gasteiger partial charge in [0.15, 0.2) is 0 Å². The first-order valence-electron chi connectivity index (χ1n) is 4.35. The number of aliphatic hydroxyl groups is 3. The highest BCUT2D eigenvalue weighted by atomic mass is 31.2. The number of nitrogens with two attached hydrogens (primary N) is 1. The third-order valence-electron chi connectivity index (χ3n) is 2.23. The average molecular weight is 259 g/mol. The molecule has 4 atom stereocenters. The van der Waals surface area contributed by atoms with Gasteiger partial charge in [-0.15, -0.1) is 0 Å². The van der Waals surface area contributed by atoms with E-state index < -0.39 is 38.5 Å². The molecule has 0 saturated carbocycles. The van der Waals surface area contributed by atoms with Gasteiger partial charge in [-0.1, -0.05) is 0 Å². The zero-order chi connectivity index (χ0) is 12.6. The predicted molar refractivity (Wildman–Crippen MR) is 48.9 cm³/mol. The lowest BCUT2D eigenvalue weighted by Gasteiger charge is -2.43. The van der Waals surface area contributed by atoms with Crippen LogP contribution in [0.25, 0.3) is 0 Å². The highest BCUT2D eigenvalue weighted by Crippen LogP contribution is 2.44. The van der Waals surface area contributed by atoms with Crippen LogP contribution in [0, 0.1) is 0 Å². The smallest absolute Gasteiger partial charge is 0.391 e. The van der Waals surface area contributed by atoms with Gasteiger partial charge in [0.05, 0.1) is 12.6 Å². The minimum absolute atomic E-state index is 0.321. The SMILES string of the molecule is N[C@H]1COC(CO)(OP(=O)(O)O)[C@H](O)[C@@H]1O. The molecule has 1 aliphatic heterocycles. The van der Waals surface area contributed by atoms with E-state index in [4.69, 9.17) is 25.4 Å². The number of phosphoric acid groups is 1. The maximum atomic E-state index is 10.7. The standard InChI is InChI=1S/C6H14NO8P/c7-3-1-14-6(2-8,5(10)4(3)9)15-16(11,12)13/h3-5,8-10H,1-2,7H2,(H2,11,12,13)/t3-,4+,5+,6?/m0/s1. The minimum atomic E-state index is -5.00. The molecule has 1 unspecified atom stereocenters. The van der Waals surface area contributed by atoms with Gasteiger partial charge in [-0.25, -0.2) is 9.09 Å². The molecule has 1 rings (SSSR count). The third kappa shape index (κ3) is 2.77. The van der Waals surface area contributed by atoms with Crippen LogP contribution < -0.4 is 5.73 Å². The molecular weight excluding hydrogens is 245 g/mol. The van der Waals surface area contributed by atoms with Gasteiger partial charge in [-0.2, -0.15) is 0 Å². The topological polar surface area (TPSA) is 163 Å². The first-order valence-corrected chi connectivity index (χ1v) is 5.88. The van der Waals surface area contributed by atoms with Crippen LogP contribution in [0.5, 0.6) is 0 Å². The van der Waals surface area contributed by atoms with Crippen LogP contribution in [-0.4, -0.2) is 62.4 Å². The zero-order valence-electron chi connectivity index (χ0n) is 8.13. The highest BCUT2D eigenvalue weighted by molar-refractivity contribution is 7.46. The van der Waals surface area contributed by atoms with Crippen LogP contribution in [0.15, 0.2) is 0 Å². The van der Waals surface area contributed by atoms with E-state index >= 15 is 0 Å². The normalized spacial score (nSPS) is 41.0. The van der Waals surface area contributed by atoms with Crippen LogP contribution in [0.1, 0.15) is 0 Å². The van der Waals surface area contributed by atoms with Crippen molar-refractivity contribution in [2.45, 2.75) is 24.0 Å². The lowest BCUT2D eigenvalue weighted by atomic mass is 9.96. The fourth-order valence-electron chi connectivity index (χ4n) is 1.37. The van der Waals surface area contributed by atoms with E-state index in [0.717, 1.165) is 0 Å². The Bertz CT molecular complexity index is 294. The van der Waals surface area contributed by atoms with Crippen molar-refractivity contribution in [3.8, 4) is 0 Å². The molecule has 1 heterocycles. The van der Waals surface area contributed by atoms with Gasteiger partial charge in [0.1, 0.15) is 18.8 Å². The Morgan fingerprint density at radius 2 is 2.06 bits per heavy atom. The molecular formula is C6H14NO8P. The van der Waals surface area contributed by atoms with Gasteiger partial charge in [0.25, 0.3) is 0 Å². The van der Waals surface area contributed by atoms with Crippen molar-refractivity contribution in [2.75, 3.05) is 13.2 Å². The van der Waals surface area contributed by atoms with Crippen molar-refractivity contribution in [1.29, 1.82) is 0 Å². The number of aliphatic hydroxyl groups excluding tert-OH is 3. The number of hydrogen-bond acceptors (Lipinski definition) is 7. The second kappa shape index (κ2) is 4.65. The molecule has 7 N–H and O–H groups in total. The maximum absolute atomic E-state index is 10.7. The minimum Gasteiger partial charge on any atom is -0.391 e. The monoisotopic (exact) mass is 259 g/mol. The number of rotatable bonds is 3. The predicted octanol–water partition coefficient (Wildman–Crippen LogP) is -3.14. The van der Waals surface area contributed by atoms with E-state index in [1.54, 1.807) is 0 Å². The van der Waals surface area contributed by atoms with Crippen molar-refractivity contribution < 1.29 is 38.9 Å². The van der Waals surface area contributed by atoms with Crippen LogP contribution in [0.3, 0.4) is 0 Å².